The number of likely N-dealkylation sites (tertiary alicyclic amines) is 1. The fourth-order valence-corrected chi connectivity index (χ4v) is 2.93. The summed E-state index contributed by atoms with van der Waals surface area (Å²) in [6.07, 6.45) is 2.30. The van der Waals surface area contributed by atoms with E-state index in [4.69, 9.17) is 16.0 Å². The van der Waals surface area contributed by atoms with E-state index in [0.29, 0.717) is 29.8 Å². The summed E-state index contributed by atoms with van der Waals surface area (Å²) in [7, 11) is 0. The number of halogens is 1. The molecule has 22 heavy (non-hydrogen) atoms. The van der Waals surface area contributed by atoms with Crippen molar-refractivity contribution in [2.24, 2.45) is 0 Å². The molecule has 2 heterocycles. The molecular weight excluding hydrogens is 306 g/mol. The van der Waals surface area contributed by atoms with Crippen molar-refractivity contribution in [3.05, 3.63) is 35.2 Å². The molecule has 1 aromatic carbocycles. The van der Waals surface area contributed by atoms with Crippen LogP contribution < -0.4 is 0 Å². The lowest BCUT2D eigenvalue weighted by molar-refractivity contribution is 0.104. The fraction of sp³-hybridized carbons (Fsp3) is 0.400. The van der Waals surface area contributed by atoms with Crippen LogP contribution >= 0.6 is 11.6 Å². The maximum atomic E-state index is 11.3. The normalized spacial score (nSPS) is 18.4. The molecule has 7 heteroatoms. The first-order valence-electron chi connectivity index (χ1n) is 7.21. The van der Waals surface area contributed by atoms with E-state index in [-0.39, 0.29) is 6.04 Å². The summed E-state index contributed by atoms with van der Waals surface area (Å²) < 4.78 is 5.66. The second-order valence-electron chi connectivity index (χ2n) is 5.34. The number of hydrogen-bond acceptors (Lipinski definition) is 4. The van der Waals surface area contributed by atoms with Gasteiger partial charge in [-0.1, -0.05) is 17.7 Å². The Balaban J connectivity index is 1.75. The highest BCUT2D eigenvalue weighted by atomic mass is 35.5. The van der Waals surface area contributed by atoms with Crippen LogP contribution in [0.1, 0.15) is 25.2 Å². The minimum absolute atomic E-state index is 0.0982. The summed E-state index contributed by atoms with van der Waals surface area (Å²) in [4.78, 5) is 12.7. The Kier molecular flexibility index (Phi) is 4.29. The van der Waals surface area contributed by atoms with Crippen molar-refractivity contribution in [1.29, 1.82) is 0 Å². The fourth-order valence-electron chi connectivity index (χ4n) is 2.74. The molecule has 2 aromatic rings. The van der Waals surface area contributed by atoms with Crippen molar-refractivity contribution in [2.45, 2.75) is 31.7 Å². The molecule has 0 spiro atoms. The van der Waals surface area contributed by atoms with Crippen LogP contribution in [0.25, 0.3) is 11.5 Å². The summed E-state index contributed by atoms with van der Waals surface area (Å²) in [5, 5.41) is 17.9. The molecule has 0 bridgehead atoms. The van der Waals surface area contributed by atoms with Gasteiger partial charge in [0.25, 0.3) is 0 Å². The molecule has 1 fully saturated rings. The van der Waals surface area contributed by atoms with E-state index in [1.54, 1.807) is 12.1 Å². The number of aromatic nitrogens is 2. The SMILES string of the molecule is O=C(O)N1CCCC[C@H]1Cc1nnc(-c2cccc(Cl)c2)o1. The van der Waals surface area contributed by atoms with Crippen LogP contribution in [0, 0.1) is 0 Å². The van der Waals surface area contributed by atoms with Gasteiger partial charge in [0.2, 0.25) is 11.8 Å². The first kappa shape index (κ1) is 14.8. The lowest BCUT2D eigenvalue weighted by atomic mass is 10.00. The van der Waals surface area contributed by atoms with E-state index in [9.17, 15) is 9.90 Å². The molecular formula is C15H16ClN3O3. The van der Waals surface area contributed by atoms with Gasteiger partial charge < -0.3 is 14.4 Å². The van der Waals surface area contributed by atoms with E-state index in [1.165, 1.54) is 4.90 Å². The Morgan fingerprint density at radius 2 is 2.27 bits per heavy atom. The molecule has 0 aliphatic carbocycles. The summed E-state index contributed by atoms with van der Waals surface area (Å²) in [5.41, 5.74) is 0.755. The van der Waals surface area contributed by atoms with Gasteiger partial charge in [0.15, 0.2) is 0 Å². The van der Waals surface area contributed by atoms with Crippen molar-refractivity contribution in [3.63, 3.8) is 0 Å². The predicted octanol–water partition coefficient (Wildman–Crippen LogP) is 3.47. The van der Waals surface area contributed by atoms with Gasteiger partial charge in [0.1, 0.15) is 0 Å². The number of rotatable bonds is 3. The number of hydrogen-bond donors (Lipinski definition) is 1. The van der Waals surface area contributed by atoms with Crippen molar-refractivity contribution >= 4 is 17.7 Å². The van der Waals surface area contributed by atoms with Crippen LogP contribution in [-0.4, -0.2) is 38.9 Å². The molecule has 3 rings (SSSR count). The number of carbonyl (C=O) groups is 1. The molecule has 1 amide bonds. The zero-order valence-electron chi connectivity index (χ0n) is 11.9. The Hall–Kier alpha value is -2.08. The highest BCUT2D eigenvalue weighted by Gasteiger charge is 2.28. The second kappa shape index (κ2) is 6.36. The maximum absolute atomic E-state index is 11.3. The summed E-state index contributed by atoms with van der Waals surface area (Å²) in [5.74, 6) is 0.850. The number of benzene rings is 1. The topological polar surface area (TPSA) is 79.5 Å². The summed E-state index contributed by atoms with van der Waals surface area (Å²) >= 11 is 5.95. The number of amides is 1. The van der Waals surface area contributed by atoms with Crippen molar-refractivity contribution < 1.29 is 14.3 Å². The third-order valence-electron chi connectivity index (χ3n) is 3.82. The zero-order valence-corrected chi connectivity index (χ0v) is 12.7. The smallest absolute Gasteiger partial charge is 0.407 e. The molecule has 1 saturated heterocycles. The standard InChI is InChI=1S/C15H16ClN3O3/c16-11-5-3-4-10(8-11)14-18-17-13(22-14)9-12-6-1-2-7-19(12)15(20)21/h3-5,8,12H,1-2,6-7,9H2,(H,20,21)/t12-/m0/s1. The van der Waals surface area contributed by atoms with Gasteiger partial charge >= 0.3 is 6.09 Å². The maximum Gasteiger partial charge on any atom is 0.407 e. The van der Waals surface area contributed by atoms with Crippen molar-refractivity contribution in [1.82, 2.24) is 15.1 Å². The van der Waals surface area contributed by atoms with Crippen LogP contribution in [0.15, 0.2) is 28.7 Å². The van der Waals surface area contributed by atoms with E-state index < -0.39 is 6.09 Å². The van der Waals surface area contributed by atoms with Crippen LogP contribution in [-0.2, 0) is 6.42 Å². The monoisotopic (exact) mass is 321 g/mol. The first-order chi connectivity index (χ1) is 10.6. The lowest BCUT2D eigenvalue weighted by Gasteiger charge is -2.32. The van der Waals surface area contributed by atoms with Gasteiger partial charge in [0.05, 0.1) is 0 Å². The van der Waals surface area contributed by atoms with Crippen molar-refractivity contribution in [3.8, 4) is 11.5 Å². The molecule has 1 aromatic heterocycles. The van der Waals surface area contributed by atoms with E-state index in [2.05, 4.69) is 10.2 Å². The largest absolute Gasteiger partial charge is 0.465 e. The Morgan fingerprint density at radius 3 is 3.05 bits per heavy atom. The Labute approximate surface area is 132 Å². The molecule has 0 radical (unpaired) electrons. The first-order valence-corrected chi connectivity index (χ1v) is 7.59. The molecule has 1 aliphatic rings. The second-order valence-corrected chi connectivity index (χ2v) is 5.78. The molecule has 116 valence electrons. The van der Waals surface area contributed by atoms with Gasteiger partial charge in [-0.15, -0.1) is 10.2 Å². The van der Waals surface area contributed by atoms with Crippen molar-refractivity contribution in [2.75, 3.05) is 6.54 Å². The van der Waals surface area contributed by atoms with E-state index >= 15 is 0 Å². The van der Waals surface area contributed by atoms with Gasteiger partial charge in [-0.3, -0.25) is 0 Å². The van der Waals surface area contributed by atoms with Crippen LogP contribution in [0.2, 0.25) is 5.02 Å². The highest BCUT2D eigenvalue weighted by Crippen LogP contribution is 2.24. The third kappa shape index (κ3) is 3.22. The third-order valence-corrected chi connectivity index (χ3v) is 4.06. The average Bonchev–Trinajstić information content (AvgIpc) is 2.96. The molecule has 6 nitrogen and oxygen atoms in total. The Bertz CT molecular complexity index is 674. The minimum Gasteiger partial charge on any atom is -0.465 e. The molecule has 1 N–H and O–H groups in total. The van der Waals surface area contributed by atoms with Gasteiger partial charge in [-0.05, 0) is 37.5 Å². The van der Waals surface area contributed by atoms with Gasteiger partial charge in [0, 0.05) is 29.6 Å². The number of nitrogens with zero attached hydrogens (tertiary/aromatic N) is 3. The van der Waals surface area contributed by atoms with Gasteiger partial charge in [-0.2, -0.15) is 0 Å². The molecule has 1 aliphatic heterocycles. The minimum atomic E-state index is -0.890. The molecule has 0 saturated carbocycles. The Morgan fingerprint density at radius 1 is 1.41 bits per heavy atom. The van der Waals surface area contributed by atoms with Crippen LogP contribution in [0.5, 0.6) is 0 Å². The number of carboxylic acid groups (broad SMARTS) is 1. The average molecular weight is 322 g/mol. The van der Waals surface area contributed by atoms with Gasteiger partial charge in [-0.25, -0.2) is 4.79 Å². The quantitative estimate of drug-likeness (QED) is 0.936. The van der Waals surface area contributed by atoms with E-state index in [1.807, 2.05) is 12.1 Å². The zero-order chi connectivity index (χ0) is 15.5. The van der Waals surface area contributed by atoms with Crippen LogP contribution in [0.3, 0.4) is 0 Å². The predicted molar refractivity (Wildman–Crippen MR) is 80.8 cm³/mol. The summed E-state index contributed by atoms with van der Waals surface area (Å²) in [6, 6.07) is 7.08. The molecule has 1 atom stereocenters. The van der Waals surface area contributed by atoms with E-state index in [0.717, 1.165) is 24.8 Å². The number of piperidine rings is 1. The highest BCUT2D eigenvalue weighted by molar-refractivity contribution is 6.30. The van der Waals surface area contributed by atoms with Crippen LogP contribution in [0.4, 0.5) is 4.79 Å². The molecule has 0 unspecified atom stereocenters. The summed E-state index contributed by atoms with van der Waals surface area (Å²) in [6.45, 7) is 0.565. The lowest BCUT2D eigenvalue weighted by Crippen LogP contribution is -2.44.